The largest absolute Gasteiger partial charge is 0.492 e. The second-order valence-electron chi connectivity index (χ2n) is 6.23. The summed E-state index contributed by atoms with van der Waals surface area (Å²) in [5, 5.41) is 3.86. The van der Waals surface area contributed by atoms with Crippen LogP contribution in [0.1, 0.15) is 27.9 Å². The van der Waals surface area contributed by atoms with E-state index in [0.29, 0.717) is 34.5 Å². The van der Waals surface area contributed by atoms with Crippen molar-refractivity contribution in [2.45, 2.75) is 20.8 Å². The summed E-state index contributed by atoms with van der Waals surface area (Å²) < 4.78 is 11.0. The van der Waals surface area contributed by atoms with Gasteiger partial charge in [0.15, 0.2) is 11.6 Å². The highest BCUT2D eigenvalue weighted by Gasteiger charge is 2.21. The van der Waals surface area contributed by atoms with Gasteiger partial charge < -0.3 is 14.5 Å². The zero-order valence-electron chi connectivity index (χ0n) is 15.8. The van der Waals surface area contributed by atoms with Crippen LogP contribution in [0.3, 0.4) is 0 Å². The molecule has 1 amide bonds. The van der Waals surface area contributed by atoms with Crippen LogP contribution in [0.15, 0.2) is 47.1 Å². The molecule has 142 valence electrons. The molecular formula is C21H19N3O3S. The van der Waals surface area contributed by atoms with E-state index in [2.05, 4.69) is 15.3 Å². The number of aromatic nitrogens is 2. The Kier molecular flexibility index (Phi) is 4.83. The highest BCUT2D eigenvalue weighted by molar-refractivity contribution is 7.20. The number of carbonyl (C=O) groups is 1. The van der Waals surface area contributed by atoms with E-state index in [-0.39, 0.29) is 5.91 Å². The number of furan rings is 1. The average molecular weight is 393 g/mol. The Bertz CT molecular complexity index is 1150. The van der Waals surface area contributed by atoms with E-state index in [4.69, 9.17) is 9.15 Å². The first-order valence-corrected chi connectivity index (χ1v) is 9.75. The van der Waals surface area contributed by atoms with Gasteiger partial charge in [0, 0.05) is 5.39 Å². The molecule has 0 saturated carbocycles. The maximum atomic E-state index is 13.0. The number of nitrogens with one attached hydrogen (secondary N) is 1. The Morgan fingerprint density at radius 1 is 1.18 bits per heavy atom. The fourth-order valence-corrected chi connectivity index (χ4v) is 4.23. The number of benzene rings is 1. The summed E-state index contributed by atoms with van der Waals surface area (Å²) in [6, 6.07) is 11.0. The fourth-order valence-electron chi connectivity index (χ4n) is 3.10. The van der Waals surface area contributed by atoms with Gasteiger partial charge in [-0.15, -0.1) is 11.3 Å². The molecule has 1 aromatic carbocycles. The van der Waals surface area contributed by atoms with E-state index >= 15 is 0 Å². The van der Waals surface area contributed by atoms with Gasteiger partial charge in [0.25, 0.3) is 5.91 Å². The summed E-state index contributed by atoms with van der Waals surface area (Å²) in [5.74, 6) is 1.58. The zero-order valence-corrected chi connectivity index (χ0v) is 16.6. The first-order valence-electron chi connectivity index (χ1n) is 8.93. The molecule has 0 fully saturated rings. The second kappa shape index (κ2) is 7.44. The van der Waals surface area contributed by atoms with Crippen LogP contribution in [0.25, 0.3) is 21.8 Å². The minimum atomic E-state index is -0.188. The molecule has 28 heavy (non-hydrogen) atoms. The van der Waals surface area contributed by atoms with Gasteiger partial charge in [0.2, 0.25) is 0 Å². The smallest absolute Gasteiger partial charge is 0.266 e. The number of anilines is 1. The lowest BCUT2D eigenvalue weighted by Gasteiger charge is -2.10. The number of para-hydroxylation sites is 2. The minimum Gasteiger partial charge on any atom is -0.492 e. The van der Waals surface area contributed by atoms with E-state index in [1.165, 1.54) is 11.3 Å². The third kappa shape index (κ3) is 3.25. The maximum Gasteiger partial charge on any atom is 0.266 e. The monoisotopic (exact) mass is 393 g/mol. The van der Waals surface area contributed by atoms with Crippen molar-refractivity contribution in [2.24, 2.45) is 0 Å². The van der Waals surface area contributed by atoms with Gasteiger partial charge in [-0.1, -0.05) is 12.1 Å². The van der Waals surface area contributed by atoms with Crippen molar-refractivity contribution in [1.82, 2.24) is 9.97 Å². The van der Waals surface area contributed by atoms with E-state index in [9.17, 15) is 4.79 Å². The van der Waals surface area contributed by atoms with Crippen molar-refractivity contribution in [3.05, 3.63) is 58.8 Å². The molecule has 0 spiro atoms. The Labute approximate surface area is 166 Å². The lowest BCUT2D eigenvalue weighted by Crippen LogP contribution is -2.12. The van der Waals surface area contributed by atoms with E-state index in [1.54, 1.807) is 12.3 Å². The first-order chi connectivity index (χ1) is 13.6. The molecule has 6 nitrogen and oxygen atoms in total. The summed E-state index contributed by atoms with van der Waals surface area (Å²) >= 11 is 1.35. The highest BCUT2D eigenvalue weighted by Crippen LogP contribution is 2.34. The molecule has 0 atom stereocenters. The molecule has 7 heteroatoms. The van der Waals surface area contributed by atoms with Crippen LogP contribution in [0.5, 0.6) is 5.75 Å². The van der Waals surface area contributed by atoms with Crippen LogP contribution in [-0.4, -0.2) is 22.5 Å². The number of carbonyl (C=O) groups excluding carboxylic acids is 1. The summed E-state index contributed by atoms with van der Waals surface area (Å²) in [4.78, 5) is 23.5. The molecule has 3 heterocycles. The average Bonchev–Trinajstić information content (AvgIpc) is 3.32. The number of aryl methyl sites for hydroxylation is 2. The van der Waals surface area contributed by atoms with Gasteiger partial charge >= 0.3 is 0 Å². The first kappa shape index (κ1) is 18.2. The normalized spacial score (nSPS) is 11.0. The number of amides is 1. The SMILES string of the molecule is CCOc1ccccc1NC(=O)c1sc2nc(-c3ccco3)nc(C)c2c1C. The minimum absolute atomic E-state index is 0.188. The Morgan fingerprint density at radius 3 is 2.75 bits per heavy atom. The van der Waals surface area contributed by atoms with Crippen LogP contribution < -0.4 is 10.1 Å². The molecule has 0 unspecified atom stereocenters. The Balaban J connectivity index is 1.72. The van der Waals surface area contributed by atoms with Crippen molar-refractivity contribution < 1.29 is 13.9 Å². The molecular weight excluding hydrogens is 374 g/mol. The van der Waals surface area contributed by atoms with Crippen molar-refractivity contribution in [1.29, 1.82) is 0 Å². The van der Waals surface area contributed by atoms with Crippen LogP contribution >= 0.6 is 11.3 Å². The maximum absolute atomic E-state index is 13.0. The molecule has 0 aliphatic carbocycles. The Morgan fingerprint density at radius 2 is 2.00 bits per heavy atom. The molecule has 4 rings (SSSR count). The second-order valence-corrected chi connectivity index (χ2v) is 7.23. The standard InChI is InChI=1S/C21H19N3O3S/c1-4-26-15-9-6-5-8-14(15)23-20(25)18-12(2)17-13(3)22-19(24-21(17)28-18)16-10-7-11-27-16/h5-11H,4H2,1-3H3,(H,23,25). The van der Waals surface area contributed by atoms with Crippen LogP contribution in [0, 0.1) is 13.8 Å². The van der Waals surface area contributed by atoms with Crippen molar-refractivity contribution in [3.63, 3.8) is 0 Å². The predicted octanol–water partition coefficient (Wildman–Crippen LogP) is 5.22. The van der Waals surface area contributed by atoms with Gasteiger partial charge in [0.05, 0.1) is 29.1 Å². The van der Waals surface area contributed by atoms with Gasteiger partial charge in [0.1, 0.15) is 10.6 Å². The lowest BCUT2D eigenvalue weighted by atomic mass is 10.1. The van der Waals surface area contributed by atoms with E-state index in [0.717, 1.165) is 21.5 Å². The summed E-state index contributed by atoms with van der Waals surface area (Å²) in [7, 11) is 0. The topological polar surface area (TPSA) is 77.2 Å². The molecule has 3 aromatic heterocycles. The molecule has 0 radical (unpaired) electrons. The number of nitrogens with zero attached hydrogens (tertiary/aromatic N) is 2. The number of thiophene rings is 1. The highest BCUT2D eigenvalue weighted by atomic mass is 32.1. The van der Waals surface area contributed by atoms with Gasteiger partial charge in [-0.25, -0.2) is 9.97 Å². The molecule has 0 bridgehead atoms. The number of hydrogen-bond donors (Lipinski definition) is 1. The summed E-state index contributed by atoms with van der Waals surface area (Å²) in [5.41, 5.74) is 2.33. The van der Waals surface area contributed by atoms with Gasteiger partial charge in [-0.2, -0.15) is 0 Å². The van der Waals surface area contributed by atoms with Gasteiger partial charge in [-0.05, 0) is 50.6 Å². The third-order valence-corrected chi connectivity index (χ3v) is 5.54. The fraction of sp³-hybridized carbons (Fsp3) is 0.190. The molecule has 4 aromatic rings. The molecule has 0 aliphatic heterocycles. The molecule has 0 saturated heterocycles. The quantitative estimate of drug-likeness (QED) is 0.503. The van der Waals surface area contributed by atoms with Crippen LogP contribution in [0.4, 0.5) is 5.69 Å². The number of ether oxygens (including phenoxy) is 1. The van der Waals surface area contributed by atoms with Crippen molar-refractivity contribution >= 4 is 33.1 Å². The predicted molar refractivity (Wildman–Crippen MR) is 110 cm³/mol. The Hall–Kier alpha value is -3.19. The summed E-state index contributed by atoms with van der Waals surface area (Å²) in [6.45, 7) is 6.28. The third-order valence-electron chi connectivity index (χ3n) is 4.35. The van der Waals surface area contributed by atoms with Crippen LogP contribution in [-0.2, 0) is 0 Å². The number of fused-ring (bicyclic) bond motifs is 1. The van der Waals surface area contributed by atoms with Crippen LogP contribution in [0.2, 0.25) is 0 Å². The van der Waals surface area contributed by atoms with Gasteiger partial charge in [-0.3, -0.25) is 4.79 Å². The van der Waals surface area contributed by atoms with E-state index in [1.807, 2.05) is 51.1 Å². The molecule has 0 aliphatic rings. The molecule has 1 N–H and O–H groups in total. The zero-order chi connectivity index (χ0) is 19.7. The summed E-state index contributed by atoms with van der Waals surface area (Å²) in [6.07, 6.45) is 1.59. The van der Waals surface area contributed by atoms with Crippen molar-refractivity contribution in [3.8, 4) is 17.3 Å². The lowest BCUT2D eigenvalue weighted by molar-refractivity contribution is 0.102. The number of hydrogen-bond acceptors (Lipinski definition) is 6. The van der Waals surface area contributed by atoms with Crippen molar-refractivity contribution in [2.75, 3.05) is 11.9 Å². The number of rotatable bonds is 5. The van der Waals surface area contributed by atoms with E-state index < -0.39 is 0 Å².